The van der Waals surface area contributed by atoms with Gasteiger partial charge in [0.25, 0.3) is 0 Å². The number of benzene rings is 4. The van der Waals surface area contributed by atoms with Gasteiger partial charge in [-0.05, 0) is 35.6 Å². The number of hydrogen-bond acceptors (Lipinski definition) is 1. The van der Waals surface area contributed by atoms with Crippen molar-refractivity contribution in [3.8, 4) is 0 Å². The molecular weight excluding hydrogens is 376 g/mol. The number of aryl methyl sites for hydroxylation is 1. The van der Waals surface area contributed by atoms with Crippen LogP contribution in [0.4, 0.5) is 0 Å². The van der Waals surface area contributed by atoms with Gasteiger partial charge in [-0.1, -0.05) is 115 Å². The Balaban J connectivity index is 1.71. The van der Waals surface area contributed by atoms with Crippen molar-refractivity contribution >= 4 is 5.78 Å². The average molecular weight is 403 g/mol. The molecule has 4 aromatic rings. The smallest absolute Gasteiger partial charge is 0.166 e. The van der Waals surface area contributed by atoms with E-state index >= 15 is 0 Å². The largest absolute Gasteiger partial charge is 0.294 e. The zero-order valence-electron chi connectivity index (χ0n) is 17.7. The third-order valence-corrected chi connectivity index (χ3v) is 6.97. The highest BCUT2D eigenvalue weighted by Gasteiger charge is 2.58. The maximum absolute atomic E-state index is 13.7. The molecule has 0 saturated heterocycles. The lowest BCUT2D eigenvalue weighted by atomic mass is 9.45. The van der Waals surface area contributed by atoms with E-state index in [2.05, 4.69) is 91.9 Å². The van der Waals surface area contributed by atoms with Crippen LogP contribution in [-0.2, 0) is 5.41 Å². The van der Waals surface area contributed by atoms with Crippen molar-refractivity contribution in [3.05, 3.63) is 143 Å². The normalized spacial score (nSPS) is 19.4. The van der Waals surface area contributed by atoms with Crippen LogP contribution in [0.5, 0.6) is 0 Å². The SMILES string of the molecule is Cc1ccccc1[C@H]1C(C(=O)c2ccccc2)CC1(c1ccccc1)c1ccccc1. The van der Waals surface area contributed by atoms with Crippen LogP contribution < -0.4 is 0 Å². The first-order chi connectivity index (χ1) is 15.2. The van der Waals surface area contributed by atoms with Gasteiger partial charge in [-0.15, -0.1) is 0 Å². The van der Waals surface area contributed by atoms with Gasteiger partial charge < -0.3 is 0 Å². The van der Waals surface area contributed by atoms with Gasteiger partial charge in [0.05, 0.1) is 0 Å². The second-order valence-corrected chi connectivity index (χ2v) is 8.58. The predicted octanol–water partition coefficient (Wildman–Crippen LogP) is 6.97. The molecular formula is C30H26O. The van der Waals surface area contributed by atoms with Gasteiger partial charge in [-0.3, -0.25) is 4.79 Å². The molecule has 0 heterocycles. The van der Waals surface area contributed by atoms with Gasteiger partial charge in [0.15, 0.2) is 5.78 Å². The number of ketones is 1. The molecule has 0 bridgehead atoms. The fraction of sp³-hybridized carbons (Fsp3) is 0.167. The molecule has 1 aliphatic rings. The summed E-state index contributed by atoms with van der Waals surface area (Å²) in [7, 11) is 0. The zero-order chi connectivity index (χ0) is 21.3. The lowest BCUT2D eigenvalue weighted by Crippen LogP contribution is -2.53. The Bertz CT molecular complexity index is 1140. The summed E-state index contributed by atoms with van der Waals surface area (Å²) in [5.74, 6) is 0.284. The highest BCUT2D eigenvalue weighted by Crippen LogP contribution is 2.62. The molecule has 152 valence electrons. The molecule has 1 nitrogen and oxygen atoms in total. The summed E-state index contributed by atoms with van der Waals surface area (Å²) in [5, 5.41) is 0. The van der Waals surface area contributed by atoms with Crippen molar-refractivity contribution in [1.29, 1.82) is 0 Å². The predicted molar refractivity (Wildman–Crippen MR) is 126 cm³/mol. The molecule has 0 aromatic heterocycles. The average Bonchev–Trinajstić information content (AvgIpc) is 2.82. The molecule has 0 spiro atoms. The van der Waals surface area contributed by atoms with E-state index in [1.807, 2.05) is 30.3 Å². The van der Waals surface area contributed by atoms with Crippen LogP contribution in [-0.4, -0.2) is 5.78 Å². The number of carbonyl (C=O) groups is 1. The van der Waals surface area contributed by atoms with E-state index < -0.39 is 0 Å². The number of carbonyl (C=O) groups excluding carboxylic acids is 1. The highest BCUT2D eigenvalue weighted by atomic mass is 16.1. The topological polar surface area (TPSA) is 17.1 Å². The Morgan fingerprint density at radius 3 is 1.71 bits per heavy atom. The Hall–Kier alpha value is -3.45. The van der Waals surface area contributed by atoms with Crippen LogP contribution in [0.3, 0.4) is 0 Å². The summed E-state index contributed by atoms with van der Waals surface area (Å²) >= 11 is 0. The van der Waals surface area contributed by atoms with Crippen LogP contribution in [0.15, 0.2) is 115 Å². The van der Waals surface area contributed by atoms with Gasteiger partial charge in [0.2, 0.25) is 0 Å². The minimum atomic E-state index is -0.219. The second-order valence-electron chi connectivity index (χ2n) is 8.58. The first-order valence-corrected chi connectivity index (χ1v) is 11.0. The summed E-state index contributed by atoms with van der Waals surface area (Å²) < 4.78 is 0. The minimum absolute atomic E-state index is 0.0519. The molecule has 1 fully saturated rings. The highest BCUT2D eigenvalue weighted by molar-refractivity contribution is 6.00. The minimum Gasteiger partial charge on any atom is -0.294 e. The molecule has 0 N–H and O–H groups in total. The standard InChI is InChI=1S/C30H26O/c1-22-13-11-12-20-26(22)28-27(29(31)23-14-5-2-6-15-23)21-30(28,24-16-7-3-8-17-24)25-18-9-4-10-19-25/h2-20,27-28H,21H2,1H3/t27?,28-/m0/s1. The van der Waals surface area contributed by atoms with Crippen molar-refractivity contribution in [1.82, 2.24) is 0 Å². The third kappa shape index (κ3) is 3.21. The molecule has 1 heteroatoms. The van der Waals surface area contributed by atoms with Crippen molar-refractivity contribution in [2.75, 3.05) is 0 Å². The Morgan fingerprint density at radius 1 is 0.677 bits per heavy atom. The molecule has 0 amide bonds. The van der Waals surface area contributed by atoms with Crippen molar-refractivity contribution in [3.63, 3.8) is 0 Å². The van der Waals surface area contributed by atoms with E-state index in [0.29, 0.717) is 0 Å². The zero-order valence-corrected chi connectivity index (χ0v) is 17.7. The van der Waals surface area contributed by atoms with Crippen LogP contribution in [0.1, 0.15) is 45.0 Å². The Kier molecular flexibility index (Phi) is 5.03. The van der Waals surface area contributed by atoms with E-state index in [4.69, 9.17) is 0 Å². The van der Waals surface area contributed by atoms with Gasteiger partial charge in [-0.25, -0.2) is 0 Å². The van der Waals surface area contributed by atoms with Crippen LogP contribution in [0, 0.1) is 12.8 Å². The van der Waals surface area contributed by atoms with E-state index in [1.165, 1.54) is 22.3 Å². The van der Waals surface area contributed by atoms with Crippen LogP contribution in [0.25, 0.3) is 0 Å². The Morgan fingerprint density at radius 2 is 1.16 bits per heavy atom. The fourth-order valence-corrected chi connectivity index (χ4v) is 5.49. The third-order valence-electron chi connectivity index (χ3n) is 6.97. The van der Waals surface area contributed by atoms with Gasteiger partial charge >= 0.3 is 0 Å². The summed E-state index contributed by atoms with van der Waals surface area (Å²) in [5.41, 5.74) is 5.67. The van der Waals surface area contributed by atoms with Crippen LogP contribution >= 0.6 is 0 Å². The number of hydrogen-bond donors (Lipinski definition) is 0. The Labute approximate surface area is 184 Å². The number of rotatable bonds is 5. The fourth-order valence-electron chi connectivity index (χ4n) is 5.49. The van der Waals surface area contributed by atoms with Gasteiger partial charge in [0.1, 0.15) is 0 Å². The first kappa shape index (κ1) is 19.5. The quantitative estimate of drug-likeness (QED) is 0.330. The van der Waals surface area contributed by atoms with E-state index in [1.54, 1.807) is 0 Å². The summed E-state index contributed by atoms with van der Waals surface area (Å²) in [6, 6.07) is 39.8. The molecule has 31 heavy (non-hydrogen) atoms. The van der Waals surface area contributed by atoms with Crippen LogP contribution in [0.2, 0.25) is 0 Å². The van der Waals surface area contributed by atoms with E-state index in [-0.39, 0.29) is 23.0 Å². The van der Waals surface area contributed by atoms with Crippen molar-refractivity contribution < 1.29 is 4.79 Å². The number of Topliss-reactive ketones (excluding diaryl/α,β-unsaturated/α-hetero) is 1. The maximum Gasteiger partial charge on any atom is 0.166 e. The monoisotopic (exact) mass is 402 g/mol. The lowest BCUT2D eigenvalue weighted by Gasteiger charge is -2.56. The lowest BCUT2D eigenvalue weighted by molar-refractivity contribution is 0.0670. The van der Waals surface area contributed by atoms with Crippen molar-refractivity contribution in [2.24, 2.45) is 5.92 Å². The molecule has 1 aliphatic carbocycles. The second kappa shape index (κ2) is 8.00. The molecule has 0 radical (unpaired) electrons. The first-order valence-electron chi connectivity index (χ1n) is 11.0. The van der Waals surface area contributed by atoms with Gasteiger partial charge in [0, 0.05) is 22.8 Å². The molecule has 4 aromatic carbocycles. The summed E-state index contributed by atoms with van der Waals surface area (Å²) in [4.78, 5) is 13.7. The summed E-state index contributed by atoms with van der Waals surface area (Å²) in [6.07, 6.45) is 0.813. The molecule has 1 saturated carbocycles. The molecule has 5 rings (SSSR count). The van der Waals surface area contributed by atoms with Crippen molar-refractivity contribution in [2.45, 2.75) is 24.7 Å². The maximum atomic E-state index is 13.7. The molecule has 0 aliphatic heterocycles. The van der Waals surface area contributed by atoms with E-state index in [0.717, 1.165) is 12.0 Å². The van der Waals surface area contributed by atoms with E-state index in [9.17, 15) is 4.79 Å². The summed E-state index contributed by atoms with van der Waals surface area (Å²) in [6.45, 7) is 2.17. The van der Waals surface area contributed by atoms with Gasteiger partial charge in [-0.2, -0.15) is 0 Å². The molecule has 1 unspecified atom stereocenters. The molecule has 2 atom stereocenters.